The zero-order chi connectivity index (χ0) is 14.6. The van der Waals surface area contributed by atoms with Crippen molar-refractivity contribution in [3.8, 4) is 0 Å². The number of carbonyl (C=O) groups is 2. The molecule has 0 heterocycles. The zero-order valence-corrected chi connectivity index (χ0v) is 12.8. The van der Waals surface area contributed by atoms with Gasteiger partial charge in [0.1, 0.15) is 0 Å². The van der Waals surface area contributed by atoms with Gasteiger partial charge in [-0.15, -0.1) is 0 Å². The van der Waals surface area contributed by atoms with Gasteiger partial charge in [0, 0.05) is 10.0 Å². The first-order valence-electron chi connectivity index (χ1n) is 6.81. The quantitative estimate of drug-likeness (QED) is 0.883. The minimum atomic E-state index is -0.858. The van der Waals surface area contributed by atoms with Crippen molar-refractivity contribution in [3.63, 3.8) is 0 Å². The summed E-state index contributed by atoms with van der Waals surface area (Å²) in [4.78, 5) is 23.4. The first kappa shape index (κ1) is 15.0. The number of hydrogen-bond acceptors (Lipinski definition) is 2. The number of aliphatic carboxylic acids is 1. The molecule has 2 N–H and O–H groups in total. The molecule has 1 aliphatic rings. The summed E-state index contributed by atoms with van der Waals surface area (Å²) < 4.78 is 0.909. The molecule has 1 aromatic rings. The summed E-state index contributed by atoms with van der Waals surface area (Å²) >= 11 is 3.33. The molecule has 0 saturated heterocycles. The van der Waals surface area contributed by atoms with Crippen LogP contribution in [0.2, 0.25) is 0 Å². The second kappa shape index (κ2) is 6.39. The Bertz CT molecular complexity index is 492. The zero-order valence-electron chi connectivity index (χ0n) is 11.2. The van der Waals surface area contributed by atoms with Gasteiger partial charge in [-0.05, 0) is 37.1 Å². The summed E-state index contributed by atoms with van der Waals surface area (Å²) in [5.74, 6) is -1.05. The fourth-order valence-electron chi connectivity index (χ4n) is 2.78. The summed E-state index contributed by atoms with van der Waals surface area (Å²) in [5.41, 5.74) is -0.0302. The maximum Gasteiger partial charge on any atom is 0.305 e. The molecular weight excluding hydrogens is 322 g/mol. The van der Waals surface area contributed by atoms with Crippen LogP contribution in [-0.4, -0.2) is 22.5 Å². The van der Waals surface area contributed by atoms with Crippen molar-refractivity contribution in [2.75, 3.05) is 0 Å². The molecule has 0 aromatic heterocycles. The smallest absolute Gasteiger partial charge is 0.305 e. The van der Waals surface area contributed by atoms with Crippen molar-refractivity contribution in [2.24, 2.45) is 0 Å². The van der Waals surface area contributed by atoms with Crippen LogP contribution in [0.25, 0.3) is 0 Å². The largest absolute Gasteiger partial charge is 0.481 e. The number of hydrogen-bond donors (Lipinski definition) is 2. The lowest BCUT2D eigenvalue weighted by atomic mass is 9.79. The molecule has 0 radical (unpaired) electrons. The van der Waals surface area contributed by atoms with E-state index in [4.69, 9.17) is 5.11 Å². The molecule has 0 aliphatic heterocycles. The number of benzene rings is 1. The molecule has 0 spiro atoms. The second-order valence-electron chi connectivity index (χ2n) is 5.37. The Balaban J connectivity index is 2.12. The number of amides is 1. The molecule has 20 heavy (non-hydrogen) atoms. The van der Waals surface area contributed by atoms with Gasteiger partial charge in [0.15, 0.2) is 0 Å². The van der Waals surface area contributed by atoms with Crippen LogP contribution in [0.3, 0.4) is 0 Å². The average Bonchev–Trinajstić information content (AvgIpc) is 2.39. The summed E-state index contributed by atoms with van der Waals surface area (Å²) in [5, 5.41) is 12.1. The highest BCUT2D eigenvalue weighted by atomic mass is 79.9. The van der Waals surface area contributed by atoms with Crippen LogP contribution < -0.4 is 5.32 Å². The third kappa shape index (κ3) is 3.82. The molecule has 0 atom stereocenters. The Kier molecular flexibility index (Phi) is 4.81. The fraction of sp³-hybridized carbons (Fsp3) is 0.467. The van der Waals surface area contributed by atoms with Gasteiger partial charge < -0.3 is 10.4 Å². The van der Waals surface area contributed by atoms with E-state index >= 15 is 0 Å². The summed E-state index contributed by atoms with van der Waals surface area (Å²) in [6, 6.07) is 7.08. The summed E-state index contributed by atoms with van der Waals surface area (Å²) in [6.45, 7) is 0. The van der Waals surface area contributed by atoms with E-state index in [1.807, 2.05) is 0 Å². The van der Waals surface area contributed by atoms with Gasteiger partial charge >= 0.3 is 5.97 Å². The predicted molar refractivity (Wildman–Crippen MR) is 79.7 cm³/mol. The molecule has 1 aliphatic carbocycles. The molecule has 1 fully saturated rings. The first-order valence-corrected chi connectivity index (χ1v) is 7.60. The Morgan fingerprint density at radius 1 is 1.15 bits per heavy atom. The molecule has 1 saturated carbocycles. The molecule has 4 nitrogen and oxygen atoms in total. The molecule has 0 unspecified atom stereocenters. The molecule has 5 heteroatoms. The van der Waals surface area contributed by atoms with Crippen LogP contribution in [0.1, 0.15) is 48.9 Å². The van der Waals surface area contributed by atoms with Gasteiger partial charge in [-0.25, -0.2) is 0 Å². The number of carboxylic acids is 1. The lowest BCUT2D eigenvalue weighted by Gasteiger charge is -2.37. The summed E-state index contributed by atoms with van der Waals surface area (Å²) in [6.07, 6.45) is 4.51. The van der Waals surface area contributed by atoms with Crippen LogP contribution in [0, 0.1) is 0 Å². The SMILES string of the molecule is O=C(O)CC1(NC(=O)c2ccc(Br)cc2)CCCCC1. The van der Waals surface area contributed by atoms with E-state index < -0.39 is 11.5 Å². The molecule has 108 valence electrons. The fourth-order valence-corrected chi connectivity index (χ4v) is 3.04. The van der Waals surface area contributed by atoms with E-state index in [1.165, 1.54) is 0 Å². The molecule has 0 bridgehead atoms. The van der Waals surface area contributed by atoms with E-state index in [0.29, 0.717) is 5.56 Å². The summed E-state index contributed by atoms with van der Waals surface area (Å²) in [7, 11) is 0. The highest BCUT2D eigenvalue weighted by molar-refractivity contribution is 9.10. The molecule has 1 aromatic carbocycles. The van der Waals surface area contributed by atoms with Crippen LogP contribution in [0.4, 0.5) is 0 Å². The normalized spacial score (nSPS) is 17.4. The second-order valence-corrected chi connectivity index (χ2v) is 6.29. The van der Waals surface area contributed by atoms with E-state index in [0.717, 1.165) is 36.6 Å². The topological polar surface area (TPSA) is 66.4 Å². The molecule has 2 rings (SSSR count). The Morgan fingerprint density at radius 2 is 1.75 bits per heavy atom. The van der Waals surface area contributed by atoms with Crippen molar-refractivity contribution in [1.82, 2.24) is 5.32 Å². The van der Waals surface area contributed by atoms with Gasteiger partial charge in [-0.1, -0.05) is 35.2 Å². The molecule has 1 amide bonds. The van der Waals surface area contributed by atoms with Crippen molar-refractivity contribution in [2.45, 2.75) is 44.1 Å². The Hall–Kier alpha value is -1.36. The van der Waals surface area contributed by atoms with Crippen LogP contribution in [-0.2, 0) is 4.79 Å². The highest BCUT2D eigenvalue weighted by Gasteiger charge is 2.35. The third-order valence-corrected chi connectivity index (χ3v) is 4.31. The van der Waals surface area contributed by atoms with E-state index in [-0.39, 0.29) is 12.3 Å². The maximum atomic E-state index is 12.3. The first-order chi connectivity index (χ1) is 9.51. The van der Waals surface area contributed by atoms with Gasteiger partial charge in [0.2, 0.25) is 0 Å². The Labute approximate surface area is 126 Å². The number of nitrogens with one attached hydrogen (secondary N) is 1. The van der Waals surface area contributed by atoms with Crippen molar-refractivity contribution in [1.29, 1.82) is 0 Å². The van der Waals surface area contributed by atoms with Gasteiger partial charge in [-0.3, -0.25) is 9.59 Å². The monoisotopic (exact) mass is 339 g/mol. The number of carboxylic acid groups (broad SMARTS) is 1. The van der Waals surface area contributed by atoms with Crippen molar-refractivity contribution in [3.05, 3.63) is 34.3 Å². The third-order valence-electron chi connectivity index (χ3n) is 3.79. The van der Waals surface area contributed by atoms with Crippen LogP contribution in [0.5, 0.6) is 0 Å². The predicted octanol–water partition coefficient (Wildman–Crippen LogP) is 3.36. The van der Waals surface area contributed by atoms with Gasteiger partial charge in [-0.2, -0.15) is 0 Å². The lowest BCUT2D eigenvalue weighted by molar-refractivity contribution is -0.139. The average molecular weight is 340 g/mol. The van der Waals surface area contributed by atoms with Crippen molar-refractivity contribution >= 4 is 27.8 Å². The van der Waals surface area contributed by atoms with E-state index in [9.17, 15) is 9.59 Å². The number of carbonyl (C=O) groups excluding carboxylic acids is 1. The lowest BCUT2D eigenvalue weighted by Crippen LogP contribution is -2.51. The van der Waals surface area contributed by atoms with E-state index in [1.54, 1.807) is 24.3 Å². The van der Waals surface area contributed by atoms with Crippen LogP contribution >= 0.6 is 15.9 Å². The highest BCUT2D eigenvalue weighted by Crippen LogP contribution is 2.31. The number of halogens is 1. The number of rotatable bonds is 4. The van der Waals surface area contributed by atoms with Crippen molar-refractivity contribution < 1.29 is 14.7 Å². The van der Waals surface area contributed by atoms with Crippen LogP contribution in [0.15, 0.2) is 28.7 Å². The van der Waals surface area contributed by atoms with Gasteiger partial charge in [0.25, 0.3) is 5.91 Å². The minimum Gasteiger partial charge on any atom is -0.481 e. The van der Waals surface area contributed by atoms with Gasteiger partial charge in [0.05, 0.1) is 12.0 Å². The standard InChI is InChI=1S/C15H18BrNO3/c16-12-6-4-11(5-7-12)14(20)17-15(10-13(18)19)8-2-1-3-9-15/h4-7H,1-3,8-10H2,(H,17,20)(H,18,19). The van der Waals surface area contributed by atoms with E-state index in [2.05, 4.69) is 21.2 Å². The minimum absolute atomic E-state index is 0.00469. The Morgan fingerprint density at radius 3 is 2.30 bits per heavy atom. The maximum absolute atomic E-state index is 12.3. The molecular formula is C15H18BrNO3.